The summed E-state index contributed by atoms with van der Waals surface area (Å²) in [6, 6.07) is 13.8. The van der Waals surface area contributed by atoms with E-state index >= 15 is 0 Å². The molecule has 1 atom stereocenters. The second kappa shape index (κ2) is 9.79. The molecule has 0 saturated heterocycles. The maximum absolute atomic E-state index is 13.3. The minimum atomic E-state index is -1.08. The van der Waals surface area contributed by atoms with Crippen LogP contribution in [0.3, 0.4) is 0 Å². The number of hydrogen-bond acceptors (Lipinski definition) is 5. The number of likely N-dealkylation sites (N-methyl/N-ethyl adjacent to an activating group) is 1. The lowest BCUT2D eigenvalue weighted by atomic mass is 10.00. The number of anilines is 2. The summed E-state index contributed by atoms with van der Waals surface area (Å²) in [6.07, 6.45) is -1.08. The number of aromatic nitrogens is 2. The number of nitrogens with zero attached hydrogens (tertiary/aromatic N) is 4. The molecular weight excluding hydrogens is 526 g/mol. The van der Waals surface area contributed by atoms with E-state index in [0.29, 0.717) is 32.6 Å². The van der Waals surface area contributed by atoms with Gasteiger partial charge in [-0.2, -0.15) is 0 Å². The van der Waals surface area contributed by atoms with Gasteiger partial charge in [-0.3, -0.25) is 4.79 Å². The summed E-state index contributed by atoms with van der Waals surface area (Å²) in [5, 5.41) is 6.95. The normalized spacial score (nSPS) is 15.4. The molecule has 33 heavy (non-hydrogen) atoms. The van der Waals surface area contributed by atoms with Gasteiger partial charge in [0.05, 0.1) is 11.4 Å². The van der Waals surface area contributed by atoms with E-state index in [9.17, 15) is 4.79 Å². The summed E-state index contributed by atoms with van der Waals surface area (Å²) in [5.41, 5.74) is 2.40. The van der Waals surface area contributed by atoms with Gasteiger partial charge in [0.2, 0.25) is 12.1 Å². The Kier molecular flexibility index (Phi) is 7.02. The van der Waals surface area contributed by atoms with Crippen LogP contribution in [0.5, 0.6) is 0 Å². The highest BCUT2D eigenvalue weighted by atomic mass is 35.5. The van der Waals surface area contributed by atoms with E-state index in [2.05, 4.69) is 25.6 Å². The van der Waals surface area contributed by atoms with Crippen LogP contribution >= 0.6 is 58.6 Å². The molecule has 0 saturated carbocycles. The Hall–Kier alpha value is -2.49. The molecule has 4 rings (SSSR count). The number of amides is 1. The number of halogens is 4. The quantitative estimate of drug-likeness (QED) is 0.351. The molecule has 2 heterocycles. The highest BCUT2D eigenvalue weighted by Crippen LogP contribution is 2.31. The van der Waals surface area contributed by atoms with Gasteiger partial charge in [0, 0.05) is 34.3 Å². The second-order valence-electron chi connectivity index (χ2n) is 6.85. The van der Waals surface area contributed by atoms with Gasteiger partial charge in [-0.25, -0.2) is 15.0 Å². The van der Waals surface area contributed by atoms with E-state index in [0.717, 1.165) is 0 Å². The number of aliphatic imine (C=N–C) groups is 1. The monoisotopic (exact) mass is 538 g/mol. The fourth-order valence-electron chi connectivity index (χ4n) is 3.22. The van der Waals surface area contributed by atoms with E-state index in [4.69, 9.17) is 58.6 Å². The zero-order valence-corrected chi connectivity index (χ0v) is 20.7. The van der Waals surface area contributed by atoms with Crippen molar-refractivity contribution >= 4 is 87.0 Å². The molecule has 0 spiro atoms. The standard InChI is InChI=1S/C21H14Cl4N6OS/c1-31-14-7-6-10(22)8-12(14)17(11-4-2-3-5-13(11)23)28-18(19(31)32)29-21(33)30-20-26-15(24)9-16(25)27-20/h2-9,18H,1H3,(H2,26,27,29,30,33)/t18-/m0/s1. The first kappa shape index (κ1) is 23.7. The highest BCUT2D eigenvalue weighted by molar-refractivity contribution is 7.80. The molecule has 2 N–H and O–H groups in total. The van der Waals surface area contributed by atoms with Gasteiger partial charge in [-0.15, -0.1) is 0 Å². The molecule has 0 unspecified atom stereocenters. The Balaban J connectivity index is 1.74. The van der Waals surface area contributed by atoms with Gasteiger partial charge in [0.1, 0.15) is 10.3 Å². The van der Waals surface area contributed by atoms with Crippen molar-refractivity contribution in [2.45, 2.75) is 6.17 Å². The van der Waals surface area contributed by atoms with Crippen molar-refractivity contribution in [3.8, 4) is 0 Å². The van der Waals surface area contributed by atoms with Crippen LogP contribution in [-0.2, 0) is 4.79 Å². The number of hydrogen-bond donors (Lipinski definition) is 2. The van der Waals surface area contributed by atoms with E-state index in [1.807, 2.05) is 18.2 Å². The second-order valence-corrected chi connectivity index (χ2v) is 8.88. The van der Waals surface area contributed by atoms with Gasteiger partial charge in [0.15, 0.2) is 5.11 Å². The molecule has 7 nitrogen and oxygen atoms in total. The lowest BCUT2D eigenvalue weighted by Gasteiger charge is -2.21. The molecule has 1 amide bonds. The van der Waals surface area contributed by atoms with Crippen molar-refractivity contribution in [1.82, 2.24) is 15.3 Å². The molecule has 0 radical (unpaired) electrons. The predicted octanol–water partition coefficient (Wildman–Crippen LogP) is 5.22. The SMILES string of the molecule is CN1C(=O)[C@H](NC(=S)Nc2nc(Cl)cc(Cl)n2)N=C(c2ccccc2Cl)c2cc(Cl)ccc21. The molecule has 0 fully saturated rings. The number of thiocarbonyl (C=S) groups is 1. The van der Waals surface area contributed by atoms with Gasteiger partial charge >= 0.3 is 0 Å². The Labute approximate surface area is 214 Å². The van der Waals surface area contributed by atoms with Crippen molar-refractivity contribution < 1.29 is 4.79 Å². The molecule has 2 aromatic carbocycles. The lowest BCUT2D eigenvalue weighted by molar-refractivity contribution is -0.119. The molecule has 12 heteroatoms. The smallest absolute Gasteiger partial charge is 0.272 e. The van der Waals surface area contributed by atoms with E-state index in [-0.39, 0.29) is 27.3 Å². The fourth-order valence-corrected chi connectivity index (χ4v) is 4.24. The maximum Gasteiger partial charge on any atom is 0.272 e. The third kappa shape index (κ3) is 5.20. The van der Waals surface area contributed by atoms with Gasteiger partial charge in [0.25, 0.3) is 5.91 Å². The molecular formula is C21H14Cl4N6OS. The van der Waals surface area contributed by atoms with Crippen LogP contribution in [0.2, 0.25) is 20.4 Å². The van der Waals surface area contributed by atoms with E-state index in [1.165, 1.54) is 11.0 Å². The molecule has 0 bridgehead atoms. The van der Waals surface area contributed by atoms with Crippen molar-refractivity contribution in [2.75, 3.05) is 17.3 Å². The molecule has 1 aromatic heterocycles. The zero-order valence-electron chi connectivity index (χ0n) is 16.8. The number of rotatable bonds is 3. The fraction of sp³-hybridized carbons (Fsp3) is 0.0952. The Morgan fingerprint density at radius 2 is 1.70 bits per heavy atom. The minimum absolute atomic E-state index is 0.0475. The summed E-state index contributed by atoms with van der Waals surface area (Å²) in [6.45, 7) is 0. The van der Waals surface area contributed by atoms with Crippen LogP contribution in [-0.4, -0.2) is 39.9 Å². The first-order chi connectivity index (χ1) is 15.7. The summed E-state index contributed by atoms with van der Waals surface area (Å²) in [5.74, 6) is -0.278. The van der Waals surface area contributed by atoms with Gasteiger partial charge in [-0.05, 0) is 36.5 Å². The summed E-state index contributed by atoms with van der Waals surface area (Å²) in [7, 11) is 1.64. The third-order valence-electron chi connectivity index (χ3n) is 4.68. The average Bonchev–Trinajstić information content (AvgIpc) is 2.84. The van der Waals surface area contributed by atoms with Crippen LogP contribution in [0.4, 0.5) is 11.6 Å². The van der Waals surface area contributed by atoms with Gasteiger partial charge < -0.3 is 15.5 Å². The number of fused-ring (bicyclic) bond motifs is 1. The Morgan fingerprint density at radius 3 is 2.39 bits per heavy atom. The summed E-state index contributed by atoms with van der Waals surface area (Å²) < 4.78 is 0. The Morgan fingerprint density at radius 1 is 1.00 bits per heavy atom. The van der Waals surface area contributed by atoms with Crippen molar-refractivity contribution in [3.05, 3.63) is 80.0 Å². The first-order valence-corrected chi connectivity index (χ1v) is 11.3. The van der Waals surface area contributed by atoms with Crippen LogP contribution in [0.1, 0.15) is 11.1 Å². The maximum atomic E-state index is 13.3. The number of nitrogens with one attached hydrogen (secondary N) is 2. The summed E-state index contributed by atoms with van der Waals surface area (Å²) in [4.78, 5) is 27.5. The van der Waals surface area contributed by atoms with Crippen molar-refractivity contribution in [2.24, 2.45) is 4.99 Å². The number of benzodiazepines with no additional fused rings is 1. The number of benzene rings is 2. The molecule has 1 aliphatic heterocycles. The third-order valence-corrected chi connectivity index (χ3v) is 5.86. The predicted molar refractivity (Wildman–Crippen MR) is 137 cm³/mol. The number of carbonyl (C=O) groups excluding carboxylic acids is 1. The highest BCUT2D eigenvalue weighted by Gasteiger charge is 2.31. The Bertz CT molecular complexity index is 1280. The largest absolute Gasteiger partial charge is 0.333 e. The van der Waals surface area contributed by atoms with Gasteiger partial charge in [-0.1, -0.05) is 64.6 Å². The molecule has 0 aliphatic carbocycles. The zero-order chi connectivity index (χ0) is 23.7. The molecule has 1 aliphatic rings. The average molecular weight is 540 g/mol. The van der Waals surface area contributed by atoms with Crippen LogP contribution in [0, 0.1) is 0 Å². The molecule has 3 aromatic rings. The minimum Gasteiger partial charge on any atom is -0.333 e. The molecule has 168 valence electrons. The van der Waals surface area contributed by atoms with E-state index in [1.54, 1.807) is 31.3 Å². The van der Waals surface area contributed by atoms with Crippen LogP contribution < -0.4 is 15.5 Å². The topological polar surface area (TPSA) is 82.5 Å². The van der Waals surface area contributed by atoms with Crippen molar-refractivity contribution in [1.29, 1.82) is 0 Å². The van der Waals surface area contributed by atoms with Crippen molar-refractivity contribution in [3.63, 3.8) is 0 Å². The first-order valence-electron chi connectivity index (χ1n) is 9.40. The van der Waals surface area contributed by atoms with Crippen LogP contribution in [0.15, 0.2) is 53.5 Å². The van der Waals surface area contributed by atoms with Crippen LogP contribution in [0.25, 0.3) is 0 Å². The lowest BCUT2D eigenvalue weighted by Crippen LogP contribution is -2.47. The summed E-state index contributed by atoms with van der Waals surface area (Å²) >= 11 is 29.9. The van der Waals surface area contributed by atoms with E-state index < -0.39 is 6.17 Å². The number of carbonyl (C=O) groups is 1.